The summed E-state index contributed by atoms with van der Waals surface area (Å²) < 4.78 is 7.38. The van der Waals surface area contributed by atoms with Crippen molar-refractivity contribution < 1.29 is 0 Å². The van der Waals surface area contributed by atoms with Gasteiger partial charge in [-0.15, -0.1) is 11.3 Å². The Balaban J connectivity index is 1.10. The molecular weight excluding hydrogens is 787 g/mol. The number of nitrogens with zero attached hydrogens (tertiary/aromatic N) is 5. The van der Waals surface area contributed by atoms with E-state index >= 15 is 0 Å². The molecule has 63 heavy (non-hydrogen) atoms. The number of hydrogen-bond donors (Lipinski definition) is 0. The van der Waals surface area contributed by atoms with Crippen molar-refractivity contribution in [3.05, 3.63) is 212 Å². The SMILES string of the molecule is c1ccc(-c2cccc(-c3nc(-c4ccccc4)nc(-c4cccc5c6ccc7c(sc8cccc(-n9c%10ccccc%10c%10ccccc%109)c87)c6n(-c6ccccc6)c45)n3)c2)cc1. The summed E-state index contributed by atoms with van der Waals surface area (Å²) in [6.45, 7) is 0. The Hall–Kier alpha value is -8.19. The van der Waals surface area contributed by atoms with Crippen LogP contribution in [0.2, 0.25) is 0 Å². The highest BCUT2D eigenvalue weighted by Gasteiger charge is 2.24. The molecule has 0 atom stereocenters. The Morgan fingerprint density at radius 3 is 1.63 bits per heavy atom. The molecule has 0 radical (unpaired) electrons. The highest BCUT2D eigenvalue weighted by molar-refractivity contribution is 7.26. The normalized spacial score (nSPS) is 11.8. The lowest BCUT2D eigenvalue weighted by molar-refractivity contribution is 1.07. The third kappa shape index (κ3) is 5.59. The molecule has 13 aromatic rings. The number of rotatable bonds is 6. The summed E-state index contributed by atoms with van der Waals surface area (Å²) in [7, 11) is 0. The molecule has 4 heterocycles. The van der Waals surface area contributed by atoms with Crippen LogP contribution in [-0.2, 0) is 0 Å². The highest BCUT2D eigenvalue weighted by atomic mass is 32.1. The molecule has 0 aliphatic carbocycles. The maximum Gasteiger partial charge on any atom is 0.166 e. The van der Waals surface area contributed by atoms with E-state index in [1.807, 2.05) is 35.6 Å². The van der Waals surface area contributed by atoms with Crippen LogP contribution < -0.4 is 0 Å². The number of hydrogen-bond acceptors (Lipinski definition) is 4. The Labute approximate surface area is 366 Å². The van der Waals surface area contributed by atoms with E-state index in [1.165, 1.54) is 58.6 Å². The van der Waals surface area contributed by atoms with Gasteiger partial charge in [-0.2, -0.15) is 0 Å². The van der Waals surface area contributed by atoms with Crippen LogP contribution in [0.1, 0.15) is 0 Å². The first-order valence-corrected chi connectivity index (χ1v) is 22.0. The smallest absolute Gasteiger partial charge is 0.166 e. The van der Waals surface area contributed by atoms with Gasteiger partial charge in [0.25, 0.3) is 0 Å². The average molecular weight is 822 g/mol. The molecule has 0 N–H and O–H groups in total. The van der Waals surface area contributed by atoms with Gasteiger partial charge in [-0.05, 0) is 59.7 Å². The van der Waals surface area contributed by atoms with Gasteiger partial charge in [0.15, 0.2) is 17.5 Å². The number of thiophene rings is 1. The van der Waals surface area contributed by atoms with Crippen LogP contribution in [0.4, 0.5) is 0 Å². The van der Waals surface area contributed by atoms with E-state index < -0.39 is 0 Å². The van der Waals surface area contributed by atoms with Crippen molar-refractivity contribution in [2.45, 2.75) is 0 Å². The van der Waals surface area contributed by atoms with Crippen LogP contribution in [0.25, 0.3) is 120 Å². The molecule has 6 heteroatoms. The molecule has 0 unspecified atom stereocenters. The molecule has 0 amide bonds. The Morgan fingerprint density at radius 2 is 0.889 bits per heavy atom. The summed E-state index contributed by atoms with van der Waals surface area (Å²) >= 11 is 1.86. The Morgan fingerprint density at radius 1 is 0.349 bits per heavy atom. The van der Waals surface area contributed by atoms with Crippen LogP contribution in [0.5, 0.6) is 0 Å². The van der Waals surface area contributed by atoms with E-state index in [1.54, 1.807) is 0 Å². The highest BCUT2D eigenvalue weighted by Crippen LogP contribution is 2.47. The predicted molar refractivity (Wildman–Crippen MR) is 263 cm³/mol. The van der Waals surface area contributed by atoms with Gasteiger partial charge in [0.05, 0.1) is 32.5 Å². The molecule has 9 aromatic carbocycles. The lowest BCUT2D eigenvalue weighted by Gasteiger charge is -2.13. The van der Waals surface area contributed by atoms with Crippen molar-refractivity contribution in [1.82, 2.24) is 24.1 Å². The monoisotopic (exact) mass is 821 g/mol. The van der Waals surface area contributed by atoms with Gasteiger partial charge in [0, 0.05) is 59.4 Å². The van der Waals surface area contributed by atoms with Crippen molar-refractivity contribution in [1.29, 1.82) is 0 Å². The fourth-order valence-electron chi connectivity index (χ4n) is 9.60. The molecule has 0 saturated heterocycles. The Kier molecular flexibility index (Phi) is 8.01. The zero-order valence-corrected chi connectivity index (χ0v) is 34.7. The number of benzene rings is 9. The van der Waals surface area contributed by atoms with Gasteiger partial charge >= 0.3 is 0 Å². The first-order chi connectivity index (χ1) is 31.3. The largest absolute Gasteiger partial charge is 0.309 e. The molecule has 0 spiro atoms. The quantitative estimate of drug-likeness (QED) is 0.168. The molecule has 0 fully saturated rings. The van der Waals surface area contributed by atoms with E-state index in [9.17, 15) is 0 Å². The molecular formula is C57H35N5S. The number of para-hydroxylation sites is 4. The zero-order chi connectivity index (χ0) is 41.4. The lowest BCUT2D eigenvalue weighted by Crippen LogP contribution is -2.02. The second kappa shape index (κ2) is 14.2. The van der Waals surface area contributed by atoms with Gasteiger partial charge in [-0.25, -0.2) is 15.0 Å². The molecule has 0 aliphatic heterocycles. The van der Waals surface area contributed by atoms with Crippen molar-refractivity contribution in [2.24, 2.45) is 0 Å². The second-order valence-corrected chi connectivity index (χ2v) is 17.0. The molecule has 0 aliphatic rings. The standard InChI is InChI=1S/C57H35N5S/c1-4-17-36(18-5-1)38-21-14-22-39(35-38)56-58-55(37-19-6-2-7-20-37)59-57(60-56)46-28-15-27-43-44-33-34-45-51-49(62-47-29-12-10-25-41(47)42-26-11-13-30-48(42)62)31-16-32-50(51)63-54(45)53(44)61(52(43)46)40-23-8-3-9-24-40/h1-35H. The average Bonchev–Trinajstić information content (AvgIpc) is 4.03. The zero-order valence-electron chi connectivity index (χ0n) is 33.9. The van der Waals surface area contributed by atoms with Gasteiger partial charge in [-0.3, -0.25) is 0 Å². The lowest BCUT2D eigenvalue weighted by atomic mass is 10.0. The summed E-state index contributed by atoms with van der Waals surface area (Å²) in [5.41, 5.74) is 11.9. The van der Waals surface area contributed by atoms with Crippen molar-refractivity contribution in [3.8, 4) is 56.7 Å². The fourth-order valence-corrected chi connectivity index (χ4v) is 10.9. The van der Waals surface area contributed by atoms with E-state index in [4.69, 9.17) is 15.0 Å². The first-order valence-electron chi connectivity index (χ1n) is 21.2. The third-order valence-electron chi connectivity index (χ3n) is 12.4. The van der Waals surface area contributed by atoms with E-state index in [-0.39, 0.29) is 0 Å². The van der Waals surface area contributed by atoms with E-state index in [2.05, 4.69) is 197 Å². The summed E-state index contributed by atoms with van der Waals surface area (Å²) in [5.74, 6) is 1.88. The minimum Gasteiger partial charge on any atom is -0.309 e. The molecule has 4 aromatic heterocycles. The Bertz CT molecular complexity index is 3850. The van der Waals surface area contributed by atoms with Crippen LogP contribution >= 0.6 is 11.3 Å². The summed E-state index contributed by atoms with van der Waals surface area (Å²) in [5, 5.41) is 7.31. The summed E-state index contributed by atoms with van der Waals surface area (Å²) in [4.78, 5) is 15.8. The van der Waals surface area contributed by atoms with Crippen LogP contribution in [0.15, 0.2) is 212 Å². The molecule has 13 rings (SSSR count). The summed E-state index contributed by atoms with van der Waals surface area (Å²) in [6, 6.07) is 75.4. The second-order valence-electron chi connectivity index (χ2n) is 16.0. The van der Waals surface area contributed by atoms with E-state index in [0.29, 0.717) is 17.5 Å². The van der Waals surface area contributed by atoms with Gasteiger partial charge in [0.1, 0.15) is 0 Å². The van der Waals surface area contributed by atoms with Crippen molar-refractivity contribution >= 4 is 75.1 Å². The minimum absolute atomic E-state index is 0.621. The molecule has 0 bridgehead atoms. The van der Waals surface area contributed by atoms with E-state index in [0.717, 1.165) is 44.4 Å². The fraction of sp³-hybridized carbons (Fsp3) is 0. The van der Waals surface area contributed by atoms with Crippen LogP contribution in [0, 0.1) is 0 Å². The third-order valence-corrected chi connectivity index (χ3v) is 13.5. The first kappa shape index (κ1) is 35.6. The van der Waals surface area contributed by atoms with Gasteiger partial charge in [-0.1, -0.05) is 164 Å². The maximum atomic E-state index is 5.34. The topological polar surface area (TPSA) is 48.5 Å². The minimum atomic E-state index is 0.621. The summed E-state index contributed by atoms with van der Waals surface area (Å²) in [6.07, 6.45) is 0. The predicted octanol–water partition coefficient (Wildman–Crippen LogP) is 15.1. The number of fused-ring (bicyclic) bond motifs is 10. The maximum absolute atomic E-state index is 5.34. The van der Waals surface area contributed by atoms with Crippen molar-refractivity contribution in [3.63, 3.8) is 0 Å². The number of aromatic nitrogens is 5. The van der Waals surface area contributed by atoms with Gasteiger partial charge in [0.2, 0.25) is 0 Å². The van der Waals surface area contributed by atoms with Crippen LogP contribution in [-0.4, -0.2) is 24.1 Å². The van der Waals surface area contributed by atoms with Crippen molar-refractivity contribution in [2.75, 3.05) is 0 Å². The molecule has 0 saturated carbocycles. The molecule has 294 valence electrons. The van der Waals surface area contributed by atoms with Gasteiger partial charge < -0.3 is 9.13 Å². The van der Waals surface area contributed by atoms with Crippen LogP contribution in [0.3, 0.4) is 0 Å². The molecule has 5 nitrogen and oxygen atoms in total.